The van der Waals surface area contributed by atoms with E-state index in [-0.39, 0.29) is 5.54 Å². The lowest BCUT2D eigenvalue weighted by molar-refractivity contribution is 0.162. The fraction of sp³-hybridized carbons (Fsp3) is 0.750. The van der Waals surface area contributed by atoms with Crippen LogP contribution < -0.4 is 5.32 Å². The van der Waals surface area contributed by atoms with Gasteiger partial charge in [0.15, 0.2) is 5.82 Å². The molecule has 2 aliphatic rings. The maximum Gasteiger partial charge on any atom is 0.153 e. The zero-order valence-electron chi connectivity index (χ0n) is 13.9. The fourth-order valence-electron chi connectivity index (χ4n) is 3.49. The molecule has 0 radical (unpaired) electrons. The Morgan fingerprint density at radius 3 is 2.70 bits per heavy atom. The highest BCUT2D eigenvalue weighted by atomic mass is 32.1. The normalized spacial score (nSPS) is 19.6. The first-order valence-electron chi connectivity index (χ1n) is 8.68. The van der Waals surface area contributed by atoms with E-state index in [2.05, 4.69) is 44.1 Å². The van der Waals surface area contributed by atoms with Crippen molar-refractivity contribution in [2.75, 3.05) is 0 Å². The summed E-state index contributed by atoms with van der Waals surface area (Å²) in [5.74, 6) is 2.76. The van der Waals surface area contributed by atoms with Crippen molar-refractivity contribution in [3.05, 3.63) is 21.7 Å². The molecular weight excluding hydrogens is 308 g/mol. The van der Waals surface area contributed by atoms with Crippen molar-refractivity contribution in [1.29, 1.82) is 0 Å². The summed E-state index contributed by atoms with van der Waals surface area (Å²) in [4.78, 5) is 0. The highest BCUT2D eigenvalue weighted by Gasteiger charge is 2.43. The molecule has 0 amide bonds. The van der Waals surface area contributed by atoms with Crippen LogP contribution in [0, 0.1) is 0 Å². The van der Waals surface area contributed by atoms with Crippen LogP contribution in [0.25, 0.3) is 0 Å². The number of aromatic nitrogens is 5. The molecule has 2 aromatic rings. The molecule has 0 aromatic carbocycles. The predicted molar refractivity (Wildman–Crippen MR) is 89.3 cm³/mol. The molecule has 1 aliphatic carbocycles. The molecule has 4 rings (SSSR count). The van der Waals surface area contributed by atoms with Crippen molar-refractivity contribution in [2.24, 2.45) is 0 Å². The van der Waals surface area contributed by atoms with Crippen LogP contribution in [0.5, 0.6) is 0 Å². The van der Waals surface area contributed by atoms with Crippen LogP contribution in [-0.4, -0.2) is 25.0 Å². The van der Waals surface area contributed by atoms with Gasteiger partial charge in [-0.25, -0.2) is 0 Å². The summed E-state index contributed by atoms with van der Waals surface area (Å²) < 4.78 is 2.36. The van der Waals surface area contributed by atoms with E-state index in [1.54, 1.807) is 11.3 Å². The Hall–Kier alpha value is -1.34. The van der Waals surface area contributed by atoms with E-state index in [1.807, 2.05) is 0 Å². The minimum Gasteiger partial charge on any atom is -0.313 e. The summed E-state index contributed by atoms with van der Waals surface area (Å²) >= 11 is 1.71. The van der Waals surface area contributed by atoms with Gasteiger partial charge in [0, 0.05) is 18.9 Å². The van der Waals surface area contributed by atoms with Crippen LogP contribution in [-0.2, 0) is 25.0 Å². The van der Waals surface area contributed by atoms with Crippen molar-refractivity contribution in [3.8, 4) is 0 Å². The van der Waals surface area contributed by atoms with Crippen LogP contribution in [0.2, 0.25) is 0 Å². The Morgan fingerprint density at radius 1 is 1.13 bits per heavy atom. The lowest BCUT2D eigenvalue weighted by Crippen LogP contribution is -2.49. The van der Waals surface area contributed by atoms with Gasteiger partial charge in [0.05, 0.1) is 12.1 Å². The van der Waals surface area contributed by atoms with Crippen LogP contribution in [0.1, 0.15) is 73.5 Å². The molecule has 2 aromatic heterocycles. The van der Waals surface area contributed by atoms with Crippen LogP contribution in [0.4, 0.5) is 0 Å². The summed E-state index contributed by atoms with van der Waals surface area (Å²) in [5.41, 5.74) is -0.00768. The van der Waals surface area contributed by atoms with Gasteiger partial charge in [0.25, 0.3) is 0 Å². The molecule has 0 spiro atoms. The molecule has 3 heterocycles. The van der Waals surface area contributed by atoms with Crippen molar-refractivity contribution in [1.82, 2.24) is 30.3 Å². The van der Waals surface area contributed by atoms with Gasteiger partial charge in [-0.3, -0.25) is 5.32 Å². The number of rotatable bonds is 5. The van der Waals surface area contributed by atoms with Crippen molar-refractivity contribution in [3.63, 3.8) is 0 Å². The first-order chi connectivity index (χ1) is 11.2. The maximum atomic E-state index is 4.56. The maximum absolute atomic E-state index is 4.56. The Labute approximate surface area is 140 Å². The van der Waals surface area contributed by atoms with Gasteiger partial charge < -0.3 is 4.57 Å². The second-order valence-electron chi connectivity index (χ2n) is 7.03. The minimum absolute atomic E-state index is 0.00768. The lowest BCUT2D eigenvalue weighted by atomic mass is 9.75. The van der Waals surface area contributed by atoms with Crippen LogP contribution in [0.15, 0.2) is 0 Å². The van der Waals surface area contributed by atoms with E-state index in [0.717, 1.165) is 54.0 Å². The van der Waals surface area contributed by atoms with Crippen molar-refractivity contribution < 1.29 is 0 Å². The van der Waals surface area contributed by atoms with Gasteiger partial charge in [0.1, 0.15) is 15.8 Å². The van der Waals surface area contributed by atoms with Crippen molar-refractivity contribution in [2.45, 2.75) is 76.9 Å². The van der Waals surface area contributed by atoms with E-state index in [4.69, 9.17) is 0 Å². The third-order valence-corrected chi connectivity index (χ3v) is 6.27. The zero-order chi connectivity index (χ0) is 15.9. The second-order valence-corrected chi connectivity index (χ2v) is 8.12. The van der Waals surface area contributed by atoms with E-state index >= 15 is 0 Å². The van der Waals surface area contributed by atoms with Gasteiger partial charge in [-0.15, -0.1) is 20.4 Å². The van der Waals surface area contributed by atoms with Gasteiger partial charge in [-0.05, 0) is 32.1 Å². The molecule has 1 fully saturated rings. The van der Waals surface area contributed by atoms with Gasteiger partial charge in [-0.1, -0.05) is 25.2 Å². The Kier molecular flexibility index (Phi) is 3.93. The SMILES string of the molecule is CC(C)c1nnc(CNC2(c3nnc4n3CCCC4)CCC2)s1. The van der Waals surface area contributed by atoms with Crippen LogP contribution in [0.3, 0.4) is 0 Å². The quantitative estimate of drug-likeness (QED) is 0.912. The number of hydrogen-bond donors (Lipinski definition) is 1. The topological polar surface area (TPSA) is 68.5 Å². The molecule has 7 heteroatoms. The van der Waals surface area contributed by atoms with Gasteiger partial charge in [-0.2, -0.15) is 0 Å². The molecule has 0 bridgehead atoms. The molecular formula is C16H24N6S. The van der Waals surface area contributed by atoms with E-state index in [9.17, 15) is 0 Å². The molecule has 1 saturated carbocycles. The molecule has 6 nitrogen and oxygen atoms in total. The number of nitrogens with one attached hydrogen (secondary N) is 1. The molecule has 1 aliphatic heterocycles. The smallest absolute Gasteiger partial charge is 0.153 e. The highest BCUT2D eigenvalue weighted by Crippen LogP contribution is 2.41. The summed E-state index contributed by atoms with van der Waals surface area (Å²) in [6, 6.07) is 0. The summed E-state index contributed by atoms with van der Waals surface area (Å²) in [6.07, 6.45) is 7.07. The number of aryl methyl sites for hydroxylation is 1. The van der Waals surface area contributed by atoms with E-state index < -0.39 is 0 Å². The molecule has 0 unspecified atom stereocenters. The molecule has 23 heavy (non-hydrogen) atoms. The Bertz CT molecular complexity index is 685. The zero-order valence-corrected chi connectivity index (χ0v) is 14.7. The van der Waals surface area contributed by atoms with Crippen LogP contribution >= 0.6 is 11.3 Å². The molecule has 0 saturated heterocycles. The molecule has 1 N–H and O–H groups in total. The van der Waals surface area contributed by atoms with Gasteiger partial charge in [0.2, 0.25) is 0 Å². The Balaban J connectivity index is 1.52. The number of fused-ring (bicyclic) bond motifs is 1. The summed E-state index contributed by atoms with van der Waals surface area (Å²) in [7, 11) is 0. The lowest BCUT2D eigenvalue weighted by Gasteiger charge is -2.42. The fourth-order valence-corrected chi connectivity index (χ4v) is 4.27. The summed E-state index contributed by atoms with van der Waals surface area (Å²) in [6.45, 7) is 6.16. The first-order valence-corrected chi connectivity index (χ1v) is 9.49. The number of hydrogen-bond acceptors (Lipinski definition) is 6. The highest BCUT2D eigenvalue weighted by molar-refractivity contribution is 7.11. The largest absolute Gasteiger partial charge is 0.313 e. The second kappa shape index (κ2) is 5.94. The first kappa shape index (κ1) is 15.2. The average molecular weight is 332 g/mol. The van der Waals surface area contributed by atoms with Crippen molar-refractivity contribution >= 4 is 11.3 Å². The minimum atomic E-state index is -0.00768. The summed E-state index contributed by atoms with van der Waals surface area (Å²) in [5, 5.41) is 23.5. The Morgan fingerprint density at radius 2 is 2.00 bits per heavy atom. The standard InChI is InChI=1S/C16H24N6S/c1-11(2)14-20-19-13(23-14)10-17-16(7-5-8-16)15-21-18-12-6-3-4-9-22(12)15/h11,17H,3-10H2,1-2H3. The third-order valence-electron chi connectivity index (χ3n) is 5.05. The average Bonchev–Trinajstić information content (AvgIpc) is 3.14. The van der Waals surface area contributed by atoms with E-state index in [1.165, 1.54) is 19.3 Å². The molecule has 0 atom stereocenters. The third kappa shape index (κ3) is 2.70. The molecule has 124 valence electrons. The van der Waals surface area contributed by atoms with Gasteiger partial charge >= 0.3 is 0 Å². The number of nitrogens with zero attached hydrogens (tertiary/aromatic N) is 5. The monoisotopic (exact) mass is 332 g/mol. The van der Waals surface area contributed by atoms with E-state index in [0.29, 0.717) is 5.92 Å². The predicted octanol–water partition coefficient (Wildman–Crippen LogP) is 2.76.